The van der Waals surface area contributed by atoms with Crippen molar-refractivity contribution in [3.05, 3.63) is 52.5 Å². The second-order valence-electron chi connectivity index (χ2n) is 6.99. The number of ether oxygens (including phenoxy) is 3. The van der Waals surface area contributed by atoms with E-state index in [-0.39, 0.29) is 11.5 Å². The van der Waals surface area contributed by atoms with E-state index in [1.54, 1.807) is 18.2 Å². The molecule has 1 aliphatic rings. The fourth-order valence-electron chi connectivity index (χ4n) is 3.90. The average Bonchev–Trinajstić information content (AvgIpc) is 3.24. The number of hydrogen-bond acceptors (Lipinski definition) is 5. The number of carbonyl (C=O) groups excluding carboxylic acids is 2. The number of benzene rings is 2. The zero-order chi connectivity index (χ0) is 21.0. The Morgan fingerprint density at radius 3 is 2.10 bits per heavy atom. The normalized spacial score (nSPS) is 14.9. The van der Waals surface area contributed by atoms with Crippen LogP contribution in [0.15, 0.2) is 36.4 Å². The van der Waals surface area contributed by atoms with Crippen molar-refractivity contribution in [1.29, 1.82) is 0 Å². The van der Waals surface area contributed by atoms with Crippen molar-refractivity contribution >= 4 is 29.2 Å². The van der Waals surface area contributed by atoms with E-state index in [1.165, 1.54) is 27.4 Å². The second-order valence-corrected chi connectivity index (χ2v) is 7.43. The summed E-state index contributed by atoms with van der Waals surface area (Å²) in [6, 6.07) is 10.4. The van der Waals surface area contributed by atoms with Gasteiger partial charge in [0.25, 0.3) is 0 Å². The van der Waals surface area contributed by atoms with Crippen molar-refractivity contribution in [2.75, 3.05) is 26.6 Å². The van der Waals surface area contributed by atoms with Gasteiger partial charge in [-0.15, -0.1) is 0 Å². The van der Waals surface area contributed by atoms with Crippen molar-refractivity contribution in [2.45, 2.75) is 31.1 Å². The zero-order valence-electron chi connectivity index (χ0n) is 16.7. The maximum atomic E-state index is 13.5. The lowest BCUT2D eigenvalue weighted by Gasteiger charge is -2.29. The minimum atomic E-state index is -0.675. The summed E-state index contributed by atoms with van der Waals surface area (Å²) in [5.74, 6) is 0.0320. The molecule has 1 N–H and O–H groups in total. The van der Waals surface area contributed by atoms with E-state index in [9.17, 15) is 9.59 Å². The number of amides is 1. The summed E-state index contributed by atoms with van der Waals surface area (Å²) >= 11 is 6.03. The first-order chi connectivity index (χ1) is 13.9. The third-order valence-corrected chi connectivity index (χ3v) is 5.72. The maximum Gasteiger partial charge on any atom is 0.340 e. The lowest BCUT2D eigenvalue weighted by molar-refractivity contribution is -0.121. The highest BCUT2D eigenvalue weighted by atomic mass is 35.5. The van der Waals surface area contributed by atoms with Gasteiger partial charge in [0.2, 0.25) is 5.91 Å². The highest BCUT2D eigenvalue weighted by Gasteiger charge is 2.43. The molecule has 0 heterocycles. The molecular weight excluding hydrogens is 394 g/mol. The molecule has 0 unspecified atom stereocenters. The van der Waals surface area contributed by atoms with Gasteiger partial charge < -0.3 is 19.5 Å². The Morgan fingerprint density at radius 2 is 1.55 bits per heavy atom. The van der Waals surface area contributed by atoms with Crippen LogP contribution in [-0.4, -0.2) is 33.2 Å². The molecule has 0 bridgehead atoms. The molecule has 0 atom stereocenters. The molecule has 1 aliphatic carbocycles. The van der Waals surface area contributed by atoms with E-state index in [2.05, 4.69) is 5.32 Å². The fourth-order valence-corrected chi connectivity index (χ4v) is 4.02. The molecule has 0 radical (unpaired) electrons. The van der Waals surface area contributed by atoms with E-state index in [0.717, 1.165) is 31.2 Å². The summed E-state index contributed by atoms with van der Waals surface area (Å²) in [5.41, 5.74) is 0.755. The number of esters is 1. The minimum Gasteiger partial charge on any atom is -0.493 e. The number of anilines is 1. The van der Waals surface area contributed by atoms with Gasteiger partial charge in [-0.25, -0.2) is 4.79 Å². The Bertz CT molecular complexity index is 904. The number of hydrogen-bond donors (Lipinski definition) is 1. The van der Waals surface area contributed by atoms with E-state index in [0.29, 0.717) is 22.2 Å². The number of rotatable bonds is 6. The van der Waals surface area contributed by atoms with Gasteiger partial charge in [0.05, 0.1) is 38.0 Å². The highest BCUT2D eigenvalue weighted by Crippen LogP contribution is 2.43. The van der Waals surface area contributed by atoms with Gasteiger partial charge >= 0.3 is 5.97 Å². The Kier molecular flexibility index (Phi) is 6.33. The smallest absolute Gasteiger partial charge is 0.340 e. The van der Waals surface area contributed by atoms with Crippen LogP contribution in [0, 0.1) is 0 Å². The van der Waals surface area contributed by atoms with Crippen LogP contribution in [0.4, 0.5) is 5.69 Å². The summed E-state index contributed by atoms with van der Waals surface area (Å²) in [5, 5.41) is 3.56. The van der Waals surface area contributed by atoms with Crippen molar-refractivity contribution < 1.29 is 23.8 Å². The van der Waals surface area contributed by atoms with Crippen LogP contribution >= 0.6 is 11.6 Å². The van der Waals surface area contributed by atoms with Gasteiger partial charge in [0.1, 0.15) is 0 Å². The van der Waals surface area contributed by atoms with E-state index >= 15 is 0 Å². The van der Waals surface area contributed by atoms with Crippen molar-refractivity contribution in [3.63, 3.8) is 0 Å². The van der Waals surface area contributed by atoms with E-state index in [1.807, 2.05) is 12.1 Å². The molecule has 1 fully saturated rings. The number of nitrogens with one attached hydrogen (secondary N) is 1. The molecule has 2 aromatic carbocycles. The lowest BCUT2D eigenvalue weighted by atomic mass is 9.78. The first-order valence-corrected chi connectivity index (χ1v) is 9.75. The number of methoxy groups -OCH3 is 3. The highest BCUT2D eigenvalue weighted by molar-refractivity contribution is 6.30. The van der Waals surface area contributed by atoms with Crippen LogP contribution in [0.1, 0.15) is 41.6 Å². The number of carbonyl (C=O) groups is 2. The zero-order valence-corrected chi connectivity index (χ0v) is 17.5. The molecule has 2 aromatic rings. The van der Waals surface area contributed by atoms with Crippen molar-refractivity contribution in [3.8, 4) is 11.5 Å². The summed E-state index contributed by atoms with van der Waals surface area (Å²) in [6.45, 7) is 0. The summed E-state index contributed by atoms with van der Waals surface area (Å²) < 4.78 is 15.5. The van der Waals surface area contributed by atoms with Gasteiger partial charge in [-0.3, -0.25) is 4.79 Å². The fraction of sp³-hybridized carbons (Fsp3) is 0.364. The molecule has 0 aromatic heterocycles. The molecule has 6 nitrogen and oxygen atoms in total. The van der Waals surface area contributed by atoms with Crippen LogP contribution in [0.3, 0.4) is 0 Å². The van der Waals surface area contributed by atoms with Gasteiger partial charge in [0.15, 0.2) is 11.5 Å². The molecule has 0 saturated heterocycles. The standard InChI is InChI=1S/C22H24ClNO5/c1-27-18-12-16(20(25)29-3)17(13-19(18)28-2)24-21(26)22(10-4-5-11-22)14-6-8-15(23)9-7-14/h6-9,12-13H,4-5,10-11H2,1-3H3,(H,24,26). The van der Waals surface area contributed by atoms with E-state index in [4.69, 9.17) is 25.8 Å². The predicted octanol–water partition coefficient (Wildman–Crippen LogP) is 4.59. The topological polar surface area (TPSA) is 73.9 Å². The molecule has 0 aliphatic heterocycles. The third-order valence-electron chi connectivity index (χ3n) is 5.47. The molecule has 0 spiro atoms. The Hall–Kier alpha value is -2.73. The molecule has 7 heteroatoms. The quantitative estimate of drug-likeness (QED) is 0.695. The van der Waals surface area contributed by atoms with Crippen molar-refractivity contribution in [2.24, 2.45) is 0 Å². The largest absolute Gasteiger partial charge is 0.493 e. The van der Waals surface area contributed by atoms with Crippen LogP contribution in [0.2, 0.25) is 5.02 Å². The Morgan fingerprint density at radius 1 is 0.966 bits per heavy atom. The SMILES string of the molecule is COC(=O)c1cc(OC)c(OC)cc1NC(=O)C1(c2ccc(Cl)cc2)CCCC1. The monoisotopic (exact) mass is 417 g/mol. The average molecular weight is 418 g/mol. The molecule has 154 valence electrons. The van der Waals surface area contributed by atoms with Gasteiger partial charge in [-0.05, 0) is 30.5 Å². The molecule has 1 saturated carbocycles. The predicted molar refractivity (Wildman–Crippen MR) is 111 cm³/mol. The van der Waals surface area contributed by atoms with Crippen LogP contribution in [0.5, 0.6) is 11.5 Å². The first kappa shape index (κ1) is 21.0. The third kappa shape index (κ3) is 4.03. The Labute approximate surface area is 175 Å². The van der Waals surface area contributed by atoms with Crippen LogP contribution < -0.4 is 14.8 Å². The summed E-state index contributed by atoms with van der Waals surface area (Å²) in [4.78, 5) is 25.8. The van der Waals surface area contributed by atoms with Gasteiger partial charge in [-0.2, -0.15) is 0 Å². The molecular formula is C22H24ClNO5. The minimum absolute atomic E-state index is 0.172. The van der Waals surface area contributed by atoms with Crippen LogP contribution in [0.25, 0.3) is 0 Å². The maximum absolute atomic E-state index is 13.5. The van der Waals surface area contributed by atoms with Crippen LogP contribution in [-0.2, 0) is 14.9 Å². The first-order valence-electron chi connectivity index (χ1n) is 9.37. The van der Waals surface area contributed by atoms with Gasteiger partial charge in [-0.1, -0.05) is 36.6 Å². The summed E-state index contributed by atoms with van der Waals surface area (Å²) in [7, 11) is 4.26. The van der Waals surface area contributed by atoms with E-state index < -0.39 is 11.4 Å². The Balaban J connectivity index is 2.02. The molecule has 3 rings (SSSR count). The number of halogens is 1. The summed E-state index contributed by atoms with van der Waals surface area (Å²) in [6.07, 6.45) is 3.35. The molecule has 1 amide bonds. The lowest BCUT2D eigenvalue weighted by Crippen LogP contribution is -2.38. The van der Waals surface area contributed by atoms with Crippen molar-refractivity contribution in [1.82, 2.24) is 0 Å². The molecule has 29 heavy (non-hydrogen) atoms. The van der Waals surface area contributed by atoms with Gasteiger partial charge in [0, 0.05) is 17.2 Å². The second kappa shape index (κ2) is 8.74.